The maximum absolute atomic E-state index is 3.72. The standard InChI is InChI=1S/C25H21NS/c1-17-14-15-20-21-11-7-13-23(25(21)27-24(20)16-17)26-22-12-6-5-10-19(22)18-8-3-2-4-9-18/h2-15,17,26H,16H2,1H3. The minimum Gasteiger partial charge on any atom is -0.354 e. The van der Waals surface area contributed by atoms with E-state index in [1.54, 1.807) is 0 Å². The highest BCUT2D eigenvalue weighted by Gasteiger charge is 2.18. The Labute approximate surface area is 164 Å². The number of allylic oxidation sites excluding steroid dienone is 1. The van der Waals surface area contributed by atoms with Crippen LogP contribution in [0.15, 0.2) is 78.9 Å². The van der Waals surface area contributed by atoms with Crippen LogP contribution >= 0.6 is 11.3 Å². The Morgan fingerprint density at radius 3 is 2.52 bits per heavy atom. The van der Waals surface area contributed by atoms with E-state index in [0.717, 1.165) is 12.1 Å². The lowest BCUT2D eigenvalue weighted by Gasteiger charge is -2.13. The molecule has 0 aliphatic heterocycles. The molecule has 1 aliphatic carbocycles. The summed E-state index contributed by atoms with van der Waals surface area (Å²) in [5.41, 5.74) is 6.20. The number of rotatable bonds is 3. The van der Waals surface area contributed by atoms with E-state index in [-0.39, 0.29) is 0 Å². The summed E-state index contributed by atoms with van der Waals surface area (Å²) in [6, 6.07) is 25.7. The average molecular weight is 368 g/mol. The molecule has 0 spiro atoms. The molecule has 0 bridgehead atoms. The van der Waals surface area contributed by atoms with Gasteiger partial charge < -0.3 is 5.32 Å². The highest BCUT2D eigenvalue weighted by Crippen LogP contribution is 2.42. The molecule has 0 saturated heterocycles. The normalized spacial score (nSPS) is 15.7. The number of hydrogen-bond acceptors (Lipinski definition) is 2. The molecular formula is C25H21NS. The van der Waals surface area contributed by atoms with Crippen molar-refractivity contribution in [2.24, 2.45) is 5.92 Å². The lowest BCUT2D eigenvalue weighted by molar-refractivity contribution is 0.728. The van der Waals surface area contributed by atoms with Crippen molar-refractivity contribution < 1.29 is 0 Å². The van der Waals surface area contributed by atoms with Crippen molar-refractivity contribution in [3.63, 3.8) is 0 Å². The van der Waals surface area contributed by atoms with Crippen molar-refractivity contribution in [2.45, 2.75) is 13.3 Å². The van der Waals surface area contributed by atoms with Crippen LogP contribution in [0.5, 0.6) is 0 Å². The molecule has 1 aliphatic rings. The first kappa shape index (κ1) is 16.3. The molecule has 1 nitrogen and oxygen atoms in total. The van der Waals surface area contributed by atoms with Crippen LogP contribution in [-0.2, 0) is 6.42 Å². The summed E-state index contributed by atoms with van der Waals surface area (Å²) in [4.78, 5) is 1.51. The fraction of sp³-hybridized carbons (Fsp3) is 0.120. The van der Waals surface area contributed by atoms with Gasteiger partial charge in [0.25, 0.3) is 0 Å². The van der Waals surface area contributed by atoms with Crippen molar-refractivity contribution >= 4 is 38.9 Å². The Balaban J connectivity index is 1.60. The van der Waals surface area contributed by atoms with Crippen LogP contribution < -0.4 is 5.32 Å². The van der Waals surface area contributed by atoms with Gasteiger partial charge in [0.15, 0.2) is 0 Å². The quantitative estimate of drug-likeness (QED) is 0.395. The monoisotopic (exact) mass is 367 g/mol. The first-order valence-electron chi connectivity index (χ1n) is 9.43. The molecule has 0 saturated carbocycles. The van der Waals surface area contributed by atoms with Crippen LogP contribution in [0.4, 0.5) is 11.4 Å². The maximum atomic E-state index is 3.72. The Kier molecular flexibility index (Phi) is 4.06. The van der Waals surface area contributed by atoms with Crippen LogP contribution in [0.2, 0.25) is 0 Å². The highest BCUT2D eigenvalue weighted by molar-refractivity contribution is 7.20. The number of para-hydroxylation sites is 1. The fourth-order valence-corrected chi connectivity index (χ4v) is 5.25. The number of anilines is 2. The van der Waals surface area contributed by atoms with Gasteiger partial charge in [-0.1, -0.05) is 79.7 Å². The average Bonchev–Trinajstić information content (AvgIpc) is 3.08. The number of hydrogen-bond donors (Lipinski definition) is 1. The van der Waals surface area contributed by atoms with Gasteiger partial charge in [-0.3, -0.25) is 0 Å². The number of thiophene rings is 1. The SMILES string of the molecule is CC1C=Cc2c(sc3c(Nc4ccccc4-c4ccccc4)cccc23)C1. The van der Waals surface area contributed by atoms with Crippen LogP contribution in [0.25, 0.3) is 27.3 Å². The Hall–Kier alpha value is -2.84. The topological polar surface area (TPSA) is 12.0 Å². The molecule has 0 fully saturated rings. The molecule has 1 N–H and O–H groups in total. The molecule has 132 valence electrons. The largest absolute Gasteiger partial charge is 0.354 e. The van der Waals surface area contributed by atoms with Crippen molar-refractivity contribution in [1.29, 1.82) is 0 Å². The van der Waals surface area contributed by atoms with Crippen LogP contribution in [0.3, 0.4) is 0 Å². The van der Waals surface area contributed by atoms with Crippen molar-refractivity contribution in [2.75, 3.05) is 5.32 Å². The lowest BCUT2D eigenvalue weighted by atomic mass is 9.95. The van der Waals surface area contributed by atoms with E-state index in [4.69, 9.17) is 0 Å². The van der Waals surface area contributed by atoms with Crippen LogP contribution in [0, 0.1) is 5.92 Å². The zero-order valence-corrected chi connectivity index (χ0v) is 16.1. The van der Waals surface area contributed by atoms with Gasteiger partial charge in [-0.25, -0.2) is 0 Å². The minimum absolute atomic E-state index is 0.626. The van der Waals surface area contributed by atoms with Gasteiger partial charge in [-0.2, -0.15) is 0 Å². The Morgan fingerprint density at radius 1 is 0.852 bits per heavy atom. The molecule has 3 aromatic carbocycles. The lowest BCUT2D eigenvalue weighted by Crippen LogP contribution is -1.99. The second kappa shape index (κ2) is 6.71. The number of nitrogens with one attached hydrogen (secondary N) is 1. The third-order valence-corrected chi connectivity index (χ3v) is 6.49. The van der Waals surface area contributed by atoms with Gasteiger partial charge in [-0.15, -0.1) is 11.3 Å². The zero-order valence-electron chi connectivity index (χ0n) is 15.3. The molecule has 27 heavy (non-hydrogen) atoms. The van der Waals surface area contributed by atoms with Gasteiger partial charge in [0.2, 0.25) is 0 Å². The maximum Gasteiger partial charge on any atom is 0.0586 e. The van der Waals surface area contributed by atoms with Crippen molar-refractivity contribution in [3.8, 4) is 11.1 Å². The molecule has 1 atom stereocenters. The van der Waals surface area contributed by atoms with Gasteiger partial charge in [0.1, 0.15) is 0 Å². The van der Waals surface area contributed by atoms with E-state index >= 15 is 0 Å². The van der Waals surface area contributed by atoms with Gasteiger partial charge in [0, 0.05) is 21.5 Å². The van der Waals surface area contributed by atoms with Crippen LogP contribution in [0.1, 0.15) is 17.4 Å². The Bertz CT molecular complexity index is 1140. The molecular weight excluding hydrogens is 346 g/mol. The molecule has 1 heterocycles. The zero-order chi connectivity index (χ0) is 18.2. The summed E-state index contributed by atoms with van der Waals surface area (Å²) in [5, 5.41) is 5.08. The second-order valence-electron chi connectivity index (χ2n) is 7.20. The molecule has 4 aromatic rings. The van der Waals surface area contributed by atoms with E-state index in [2.05, 4.69) is 97.2 Å². The predicted octanol–water partition coefficient (Wildman–Crippen LogP) is 7.52. The van der Waals surface area contributed by atoms with E-state index in [9.17, 15) is 0 Å². The minimum atomic E-state index is 0.626. The van der Waals surface area contributed by atoms with E-state index in [1.165, 1.54) is 37.3 Å². The Morgan fingerprint density at radius 2 is 1.63 bits per heavy atom. The fourth-order valence-electron chi connectivity index (χ4n) is 3.85. The number of fused-ring (bicyclic) bond motifs is 3. The molecule has 2 heteroatoms. The molecule has 0 radical (unpaired) electrons. The molecule has 5 rings (SSSR count). The van der Waals surface area contributed by atoms with Crippen molar-refractivity contribution in [1.82, 2.24) is 0 Å². The van der Waals surface area contributed by atoms with E-state index in [0.29, 0.717) is 5.92 Å². The summed E-state index contributed by atoms with van der Waals surface area (Å²) in [6.45, 7) is 2.29. The second-order valence-corrected chi connectivity index (χ2v) is 8.30. The first-order valence-corrected chi connectivity index (χ1v) is 10.3. The predicted molar refractivity (Wildman–Crippen MR) is 119 cm³/mol. The molecule has 0 amide bonds. The summed E-state index contributed by atoms with van der Waals surface area (Å²) in [5.74, 6) is 0.626. The summed E-state index contributed by atoms with van der Waals surface area (Å²) in [7, 11) is 0. The molecule has 1 unspecified atom stereocenters. The molecule has 1 aromatic heterocycles. The van der Waals surface area contributed by atoms with Crippen LogP contribution in [-0.4, -0.2) is 0 Å². The first-order chi connectivity index (χ1) is 13.3. The summed E-state index contributed by atoms with van der Waals surface area (Å²) >= 11 is 1.94. The summed E-state index contributed by atoms with van der Waals surface area (Å²) < 4.78 is 1.35. The van der Waals surface area contributed by atoms with Gasteiger partial charge >= 0.3 is 0 Å². The highest BCUT2D eigenvalue weighted by atomic mass is 32.1. The van der Waals surface area contributed by atoms with E-state index in [1.807, 2.05) is 11.3 Å². The summed E-state index contributed by atoms with van der Waals surface area (Å²) in [6.07, 6.45) is 5.79. The third kappa shape index (κ3) is 2.96. The third-order valence-electron chi connectivity index (χ3n) is 5.21. The number of benzene rings is 3. The van der Waals surface area contributed by atoms with Gasteiger partial charge in [0.05, 0.1) is 10.4 Å². The van der Waals surface area contributed by atoms with E-state index < -0.39 is 0 Å². The van der Waals surface area contributed by atoms with Gasteiger partial charge in [-0.05, 0) is 35.6 Å². The van der Waals surface area contributed by atoms with Crippen molar-refractivity contribution in [3.05, 3.63) is 89.3 Å². The smallest absolute Gasteiger partial charge is 0.0586 e.